The molecule has 0 radical (unpaired) electrons. The van der Waals surface area contributed by atoms with E-state index in [0.717, 1.165) is 5.56 Å². The van der Waals surface area contributed by atoms with Gasteiger partial charge in [-0.3, -0.25) is 9.59 Å². The molecule has 1 aromatic rings. The first-order chi connectivity index (χ1) is 10.2. The number of amides is 1. The molecule has 5 nitrogen and oxygen atoms in total. The molecule has 114 valence electrons. The number of hydrogen-bond acceptors (Lipinski definition) is 3. The maximum Gasteiger partial charge on any atom is 0.308 e. The number of carboxylic acid groups (broad SMARTS) is 1. The lowest BCUT2D eigenvalue weighted by Crippen LogP contribution is -2.29. The quantitative estimate of drug-likeness (QED) is 0.779. The van der Waals surface area contributed by atoms with E-state index in [1.54, 1.807) is 4.90 Å². The van der Waals surface area contributed by atoms with Gasteiger partial charge in [-0.1, -0.05) is 30.3 Å². The number of hydrogen-bond donors (Lipinski definition) is 1. The first-order valence-electron chi connectivity index (χ1n) is 7.29. The molecule has 1 aromatic carbocycles. The summed E-state index contributed by atoms with van der Waals surface area (Å²) in [7, 11) is 0. The summed E-state index contributed by atoms with van der Waals surface area (Å²) in [5.74, 6) is -1.18. The van der Waals surface area contributed by atoms with Crippen LogP contribution in [0.5, 0.6) is 0 Å². The van der Waals surface area contributed by atoms with E-state index in [2.05, 4.69) is 0 Å². The van der Waals surface area contributed by atoms with Crippen molar-refractivity contribution in [2.75, 3.05) is 19.7 Å². The number of likely N-dealkylation sites (tertiary alicyclic amines) is 1. The van der Waals surface area contributed by atoms with Crippen LogP contribution in [0.2, 0.25) is 0 Å². The molecular weight excluding hydrogens is 270 g/mol. The van der Waals surface area contributed by atoms with Gasteiger partial charge < -0.3 is 14.7 Å². The number of carbonyl (C=O) groups is 2. The minimum Gasteiger partial charge on any atom is -0.481 e. The van der Waals surface area contributed by atoms with Crippen molar-refractivity contribution in [3.05, 3.63) is 35.9 Å². The Bertz CT molecular complexity index is 474. The molecular formula is C16H21NO4. The number of ether oxygens (including phenoxy) is 1. The number of aliphatic carboxylic acids is 1. The maximum absolute atomic E-state index is 11.9. The van der Waals surface area contributed by atoms with E-state index in [0.29, 0.717) is 45.6 Å². The fourth-order valence-electron chi connectivity index (χ4n) is 2.44. The lowest BCUT2D eigenvalue weighted by molar-refractivity contribution is -0.141. The van der Waals surface area contributed by atoms with Crippen LogP contribution in [-0.4, -0.2) is 41.6 Å². The van der Waals surface area contributed by atoms with E-state index < -0.39 is 11.9 Å². The maximum atomic E-state index is 11.9. The second-order valence-electron chi connectivity index (χ2n) is 5.31. The zero-order valence-corrected chi connectivity index (χ0v) is 12.0. The van der Waals surface area contributed by atoms with Crippen molar-refractivity contribution in [2.24, 2.45) is 5.92 Å². The van der Waals surface area contributed by atoms with Crippen LogP contribution in [0, 0.1) is 5.92 Å². The molecule has 2 rings (SSSR count). The molecule has 0 aliphatic carbocycles. The number of carboxylic acids is 1. The highest BCUT2D eigenvalue weighted by Gasteiger charge is 2.30. The van der Waals surface area contributed by atoms with Gasteiger partial charge in [0.25, 0.3) is 0 Å². The molecule has 5 heteroatoms. The first-order valence-corrected chi connectivity index (χ1v) is 7.29. The number of nitrogens with zero attached hydrogens (tertiary/aromatic N) is 1. The highest BCUT2D eigenvalue weighted by Crippen LogP contribution is 2.17. The molecule has 1 fully saturated rings. The van der Waals surface area contributed by atoms with Gasteiger partial charge in [-0.05, 0) is 18.4 Å². The summed E-state index contributed by atoms with van der Waals surface area (Å²) >= 11 is 0. The normalized spacial score (nSPS) is 17.9. The fourth-order valence-corrected chi connectivity index (χ4v) is 2.44. The van der Waals surface area contributed by atoms with E-state index in [1.807, 2.05) is 30.3 Å². The molecule has 1 atom stereocenters. The largest absolute Gasteiger partial charge is 0.481 e. The van der Waals surface area contributed by atoms with Crippen LogP contribution in [0.15, 0.2) is 30.3 Å². The van der Waals surface area contributed by atoms with Crippen molar-refractivity contribution in [3.63, 3.8) is 0 Å². The Hall–Kier alpha value is -1.88. The number of benzene rings is 1. The highest BCUT2D eigenvalue weighted by molar-refractivity contribution is 5.78. The average Bonchev–Trinajstić information content (AvgIpc) is 2.98. The van der Waals surface area contributed by atoms with E-state index in [1.165, 1.54) is 0 Å². The molecule has 1 N–H and O–H groups in total. The van der Waals surface area contributed by atoms with E-state index in [-0.39, 0.29) is 5.91 Å². The van der Waals surface area contributed by atoms with E-state index >= 15 is 0 Å². The van der Waals surface area contributed by atoms with Gasteiger partial charge in [-0.2, -0.15) is 0 Å². The summed E-state index contributed by atoms with van der Waals surface area (Å²) < 4.78 is 5.53. The monoisotopic (exact) mass is 291 g/mol. The van der Waals surface area contributed by atoms with Gasteiger partial charge in [0.05, 0.1) is 12.5 Å². The second-order valence-corrected chi connectivity index (χ2v) is 5.31. The Morgan fingerprint density at radius 3 is 2.71 bits per heavy atom. The zero-order chi connectivity index (χ0) is 15.1. The third kappa shape index (κ3) is 4.86. The molecule has 0 bridgehead atoms. The Morgan fingerprint density at radius 1 is 1.29 bits per heavy atom. The Morgan fingerprint density at radius 2 is 2.05 bits per heavy atom. The molecule has 1 amide bonds. The van der Waals surface area contributed by atoms with Gasteiger partial charge in [0.15, 0.2) is 0 Å². The Labute approximate surface area is 124 Å². The zero-order valence-electron chi connectivity index (χ0n) is 12.0. The van der Waals surface area contributed by atoms with E-state index in [4.69, 9.17) is 9.84 Å². The van der Waals surface area contributed by atoms with E-state index in [9.17, 15) is 9.59 Å². The van der Waals surface area contributed by atoms with Gasteiger partial charge in [0, 0.05) is 26.1 Å². The van der Waals surface area contributed by atoms with Gasteiger partial charge in [0.2, 0.25) is 5.91 Å². The smallest absolute Gasteiger partial charge is 0.308 e. The predicted molar refractivity (Wildman–Crippen MR) is 77.7 cm³/mol. The van der Waals surface area contributed by atoms with Crippen molar-refractivity contribution in [2.45, 2.75) is 25.9 Å². The molecule has 1 aliphatic rings. The minimum absolute atomic E-state index is 0.0297. The molecule has 1 saturated heterocycles. The summed E-state index contributed by atoms with van der Waals surface area (Å²) in [6, 6.07) is 9.90. The number of carbonyl (C=O) groups excluding carboxylic acids is 1. The van der Waals surface area contributed by atoms with Crippen LogP contribution < -0.4 is 0 Å². The van der Waals surface area contributed by atoms with Crippen molar-refractivity contribution in [1.82, 2.24) is 4.90 Å². The highest BCUT2D eigenvalue weighted by atomic mass is 16.5. The Kier molecular flexibility index (Phi) is 5.75. The summed E-state index contributed by atoms with van der Waals surface area (Å²) in [5, 5.41) is 8.91. The number of rotatable bonds is 7. The molecule has 0 aromatic heterocycles. The second kappa shape index (κ2) is 7.78. The van der Waals surface area contributed by atoms with Crippen molar-refractivity contribution in [1.29, 1.82) is 0 Å². The van der Waals surface area contributed by atoms with Crippen molar-refractivity contribution in [3.8, 4) is 0 Å². The van der Waals surface area contributed by atoms with Crippen LogP contribution in [0.3, 0.4) is 0 Å². The lowest BCUT2D eigenvalue weighted by Gasteiger charge is -2.15. The van der Waals surface area contributed by atoms with Crippen molar-refractivity contribution < 1.29 is 19.4 Å². The summed E-state index contributed by atoms with van der Waals surface area (Å²) in [4.78, 5) is 24.4. The van der Waals surface area contributed by atoms with Crippen molar-refractivity contribution >= 4 is 11.9 Å². The molecule has 0 saturated carbocycles. The van der Waals surface area contributed by atoms with Crippen LogP contribution >= 0.6 is 0 Å². The van der Waals surface area contributed by atoms with Gasteiger partial charge in [-0.25, -0.2) is 0 Å². The standard InChI is InChI=1S/C16H21NO4/c18-15(17-9-8-14(11-17)16(19)20)7-4-10-21-12-13-5-2-1-3-6-13/h1-3,5-6,14H,4,7-12H2,(H,19,20). The summed E-state index contributed by atoms with van der Waals surface area (Å²) in [6.07, 6.45) is 1.65. The predicted octanol–water partition coefficient (Wildman–Crippen LogP) is 1.92. The SMILES string of the molecule is O=C(O)C1CCN(C(=O)CCCOCc2ccccc2)C1. The fraction of sp³-hybridized carbons (Fsp3) is 0.500. The summed E-state index contributed by atoms with van der Waals surface area (Å²) in [5.41, 5.74) is 1.12. The average molecular weight is 291 g/mol. The third-order valence-corrected chi connectivity index (χ3v) is 3.68. The Balaban J connectivity index is 1.59. The summed E-state index contributed by atoms with van der Waals surface area (Å²) in [6.45, 7) is 2.00. The van der Waals surface area contributed by atoms with Crippen LogP contribution in [0.1, 0.15) is 24.8 Å². The van der Waals surface area contributed by atoms with Crippen LogP contribution in [0.25, 0.3) is 0 Å². The molecule has 21 heavy (non-hydrogen) atoms. The molecule has 1 aliphatic heterocycles. The minimum atomic E-state index is -0.809. The lowest BCUT2D eigenvalue weighted by atomic mass is 10.1. The topological polar surface area (TPSA) is 66.8 Å². The van der Waals surface area contributed by atoms with Crippen LogP contribution in [-0.2, 0) is 20.9 Å². The molecule has 1 unspecified atom stereocenters. The molecule has 0 spiro atoms. The first kappa shape index (κ1) is 15.5. The molecule has 1 heterocycles. The van der Waals surface area contributed by atoms with Gasteiger partial charge in [0.1, 0.15) is 0 Å². The third-order valence-electron chi connectivity index (χ3n) is 3.68. The van der Waals surface area contributed by atoms with Gasteiger partial charge in [-0.15, -0.1) is 0 Å². The van der Waals surface area contributed by atoms with Gasteiger partial charge >= 0.3 is 5.97 Å². The van der Waals surface area contributed by atoms with Crippen LogP contribution in [0.4, 0.5) is 0 Å².